The van der Waals surface area contributed by atoms with E-state index in [1.165, 1.54) is 0 Å². The molecule has 2 bridgehead atoms. The van der Waals surface area contributed by atoms with Crippen LogP contribution in [0.4, 0.5) is 5.95 Å². The zero-order valence-electron chi connectivity index (χ0n) is 17.0. The van der Waals surface area contributed by atoms with Gasteiger partial charge in [-0.15, -0.1) is 0 Å². The van der Waals surface area contributed by atoms with Gasteiger partial charge in [0, 0.05) is 44.8 Å². The predicted octanol–water partition coefficient (Wildman–Crippen LogP) is 1.90. The average Bonchev–Trinajstić information content (AvgIpc) is 3.36. The van der Waals surface area contributed by atoms with Crippen LogP contribution in [-0.2, 0) is 20.1 Å². The number of piperidine rings is 1. The van der Waals surface area contributed by atoms with Crippen LogP contribution in [0.5, 0.6) is 0 Å². The Morgan fingerprint density at radius 2 is 2.13 bits per heavy atom. The molecule has 8 nitrogen and oxygen atoms in total. The van der Waals surface area contributed by atoms with Crippen LogP contribution in [0.3, 0.4) is 0 Å². The average molecular weight is 425 g/mol. The number of pyridine rings is 1. The summed E-state index contributed by atoms with van der Waals surface area (Å²) >= 11 is 1.59. The van der Waals surface area contributed by atoms with E-state index in [1.54, 1.807) is 17.4 Å². The molecule has 3 aromatic heterocycles. The van der Waals surface area contributed by atoms with Crippen molar-refractivity contribution in [3.8, 4) is 0 Å². The van der Waals surface area contributed by atoms with Gasteiger partial charge < -0.3 is 14.8 Å². The molecule has 1 N–H and O–H groups in total. The van der Waals surface area contributed by atoms with Gasteiger partial charge in [0.2, 0.25) is 5.95 Å². The van der Waals surface area contributed by atoms with Crippen LogP contribution in [0.15, 0.2) is 33.8 Å². The van der Waals surface area contributed by atoms with E-state index >= 15 is 0 Å². The molecule has 2 atom stereocenters. The minimum atomic E-state index is -0.312. The molecule has 5 rings (SSSR count). The van der Waals surface area contributed by atoms with Crippen LogP contribution < -0.4 is 15.8 Å². The number of fused-ring (bicyclic) bond motifs is 4. The molecule has 2 aliphatic heterocycles. The Hall–Kier alpha value is -2.94. The first-order valence-electron chi connectivity index (χ1n) is 10.1. The Labute approximate surface area is 178 Å². The van der Waals surface area contributed by atoms with Crippen molar-refractivity contribution in [3.05, 3.63) is 62.0 Å². The van der Waals surface area contributed by atoms with Crippen LogP contribution in [0.2, 0.25) is 0 Å². The third-order valence-electron chi connectivity index (χ3n) is 6.01. The number of rotatable bonds is 4. The highest BCUT2D eigenvalue weighted by atomic mass is 32.1. The van der Waals surface area contributed by atoms with Gasteiger partial charge in [0.05, 0.1) is 0 Å². The fraction of sp³-hybridized carbons (Fsp3) is 0.429. The van der Waals surface area contributed by atoms with Crippen LogP contribution in [0.1, 0.15) is 39.8 Å². The third-order valence-corrected chi connectivity index (χ3v) is 6.74. The minimum Gasteiger partial charge on any atom is -0.348 e. The molecule has 0 spiro atoms. The van der Waals surface area contributed by atoms with Gasteiger partial charge >= 0.3 is 0 Å². The number of hydrogen-bond acceptors (Lipinski definition) is 6. The third kappa shape index (κ3) is 3.32. The van der Waals surface area contributed by atoms with Gasteiger partial charge in [-0.2, -0.15) is 21.4 Å². The standard InChI is InChI=1S/C21H24N6O2S/c1-13-23-21(25(2)24-13)26-9-15-7-16(11-26)18-4-3-17(20(29)27(18)10-15)19(28)22-8-14-5-6-30-12-14/h3-6,12,15-16H,7-11H2,1-2H3,(H,22,28)/t15-,16+/m0/s1. The fourth-order valence-electron chi connectivity index (χ4n) is 4.73. The van der Waals surface area contributed by atoms with E-state index in [4.69, 9.17) is 0 Å². The van der Waals surface area contributed by atoms with E-state index in [1.807, 2.05) is 46.1 Å². The number of nitrogens with one attached hydrogen (secondary N) is 1. The second kappa shape index (κ2) is 7.39. The summed E-state index contributed by atoms with van der Waals surface area (Å²) in [6, 6.07) is 5.60. The molecule has 1 amide bonds. The molecule has 0 radical (unpaired) electrons. The fourth-order valence-corrected chi connectivity index (χ4v) is 5.40. The van der Waals surface area contributed by atoms with Crippen molar-refractivity contribution in [2.24, 2.45) is 13.0 Å². The zero-order valence-corrected chi connectivity index (χ0v) is 17.9. The molecule has 0 aliphatic carbocycles. The SMILES string of the molecule is Cc1nc(N2C[C@@H]3C[C@H](C2)c2ccc(C(=O)NCc4ccsc4)c(=O)n2C3)n(C)n1. The van der Waals surface area contributed by atoms with Crippen molar-refractivity contribution in [1.29, 1.82) is 0 Å². The van der Waals surface area contributed by atoms with Crippen molar-refractivity contribution in [3.63, 3.8) is 0 Å². The summed E-state index contributed by atoms with van der Waals surface area (Å²) in [6.07, 6.45) is 1.05. The monoisotopic (exact) mass is 424 g/mol. The highest BCUT2D eigenvalue weighted by Gasteiger charge is 2.36. The van der Waals surface area contributed by atoms with Crippen molar-refractivity contribution >= 4 is 23.2 Å². The van der Waals surface area contributed by atoms with Crippen LogP contribution in [-0.4, -0.2) is 38.3 Å². The molecule has 0 unspecified atom stereocenters. The zero-order chi connectivity index (χ0) is 20.8. The van der Waals surface area contributed by atoms with E-state index in [-0.39, 0.29) is 22.9 Å². The number of thiophene rings is 1. The summed E-state index contributed by atoms with van der Waals surface area (Å²) in [5.41, 5.74) is 2.08. The quantitative estimate of drug-likeness (QED) is 0.692. The number of carbonyl (C=O) groups is 1. The number of carbonyl (C=O) groups excluding carboxylic acids is 1. The highest BCUT2D eigenvalue weighted by molar-refractivity contribution is 7.07. The summed E-state index contributed by atoms with van der Waals surface area (Å²) in [7, 11) is 1.92. The van der Waals surface area contributed by atoms with E-state index in [2.05, 4.69) is 20.3 Å². The highest BCUT2D eigenvalue weighted by Crippen LogP contribution is 2.36. The lowest BCUT2D eigenvalue weighted by Crippen LogP contribution is -2.48. The van der Waals surface area contributed by atoms with Gasteiger partial charge in [-0.05, 0) is 53.8 Å². The predicted molar refractivity (Wildman–Crippen MR) is 115 cm³/mol. The smallest absolute Gasteiger partial charge is 0.263 e. The number of anilines is 1. The molecular formula is C21H24N6O2S. The number of amides is 1. The Kier molecular flexibility index (Phi) is 4.69. The van der Waals surface area contributed by atoms with Gasteiger partial charge in [0.25, 0.3) is 11.5 Å². The second-order valence-corrected chi connectivity index (χ2v) is 8.97. The first-order valence-corrected chi connectivity index (χ1v) is 11.1. The largest absolute Gasteiger partial charge is 0.348 e. The maximum atomic E-state index is 13.1. The Morgan fingerprint density at radius 3 is 2.87 bits per heavy atom. The Morgan fingerprint density at radius 1 is 1.27 bits per heavy atom. The molecule has 2 aliphatic rings. The van der Waals surface area contributed by atoms with Crippen molar-refractivity contribution in [2.45, 2.75) is 32.4 Å². The minimum absolute atomic E-state index is 0.187. The lowest BCUT2D eigenvalue weighted by molar-refractivity contribution is 0.0948. The molecule has 30 heavy (non-hydrogen) atoms. The number of hydrogen-bond donors (Lipinski definition) is 1. The van der Waals surface area contributed by atoms with E-state index in [0.717, 1.165) is 42.5 Å². The lowest BCUT2D eigenvalue weighted by Gasteiger charge is -2.43. The summed E-state index contributed by atoms with van der Waals surface area (Å²) in [5, 5.41) is 11.2. The van der Waals surface area contributed by atoms with Gasteiger partial charge in [0.1, 0.15) is 11.4 Å². The topological polar surface area (TPSA) is 85.0 Å². The maximum absolute atomic E-state index is 13.1. The molecule has 0 saturated carbocycles. The van der Waals surface area contributed by atoms with Crippen molar-refractivity contribution in [1.82, 2.24) is 24.6 Å². The van der Waals surface area contributed by atoms with Crippen LogP contribution >= 0.6 is 11.3 Å². The van der Waals surface area contributed by atoms with Crippen molar-refractivity contribution < 1.29 is 4.79 Å². The molecule has 9 heteroatoms. The lowest BCUT2D eigenvalue weighted by atomic mass is 9.83. The summed E-state index contributed by atoms with van der Waals surface area (Å²) in [4.78, 5) is 32.6. The number of aromatic nitrogens is 4. The molecule has 1 saturated heterocycles. The molecule has 0 aromatic carbocycles. The van der Waals surface area contributed by atoms with Gasteiger partial charge in [-0.25, -0.2) is 4.68 Å². The van der Waals surface area contributed by atoms with Crippen molar-refractivity contribution in [2.75, 3.05) is 18.0 Å². The summed E-state index contributed by atoms with van der Waals surface area (Å²) < 4.78 is 3.64. The van der Waals surface area contributed by atoms with E-state index in [9.17, 15) is 9.59 Å². The molecular weight excluding hydrogens is 400 g/mol. The van der Waals surface area contributed by atoms with E-state index in [0.29, 0.717) is 19.0 Å². The first kappa shape index (κ1) is 19.0. The molecule has 156 valence electrons. The second-order valence-electron chi connectivity index (χ2n) is 8.19. The van der Waals surface area contributed by atoms with Gasteiger partial charge in [-0.3, -0.25) is 9.59 Å². The molecule has 1 fully saturated rings. The summed E-state index contributed by atoms with van der Waals surface area (Å²) in [6.45, 7) is 4.59. The van der Waals surface area contributed by atoms with E-state index < -0.39 is 0 Å². The Balaban J connectivity index is 1.39. The first-order chi connectivity index (χ1) is 14.5. The van der Waals surface area contributed by atoms with Gasteiger partial charge in [-0.1, -0.05) is 0 Å². The normalized spacial score (nSPS) is 20.1. The molecule has 3 aromatic rings. The van der Waals surface area contributed by atoms with Crippen LogP contribution in [0, 0.1) is 12.8 Å². The molecule has 5 heterocycles. The van der Waals surface area contributed by atoms with Gasteiger partial charge in [0.15, 0.2) is 0 Å². The summed E-state index contributed by atoms with van der Waals surface area (Å²) in [5.74, 6) is 1.91. The van der Waals surface area contributed by atoms with Crippen LogP contribution in [0.25, 0.3) is 0 Å². The number of aryl methyl sites for hydroxylation is 2. The Bertz CT molecular complexity index is 1150. The number of nitrogens with zero attached hydrogens (tertiary/aromatic N) is 5. The maximum Gasteiger partial charge on any atom is 0.263 e.